The van der Waals surface area contributed by atoms with Gasteiger partial charge in [0.05, 0.1) is 22.4 Å². The minimum Gasteiger partial charge on any atom is -0.456 e. The van der Waals surface area contributed by atoms with E-state index in [0.29, 0.717) is 5.92 Å². The summed E-state index contributed by atoms with van der Waals surface area (Å²) in [6.07, 6.45) is 6.44. The summed E-state index contributed by atoms with van der Waals surface area (Å²) in [5.74, 6) is 0.570. The lowest BCUT2D eigenvalue weighted by molar-refractivity contribution is 0.445. The van der Waals surface area contributed by atoms with Gasteiger partial charge in [-0.1, -0.05) is 153 Å². The van der Waals surface area contributed by atoms with Crippen LogP contribution in [0.25, 0.3) is 82.5 Å². The Morgan fingerprint density at radius 1 is 0.443 bits per heavy atom. The zero-order valence-corrected chi connectivity index (χ0v) is 34.0. The molecule has 1 aliphatic carbocycles. The number of hydrogen-bond acceptors (Lipinski definition) is 2. The number of aromatic nitrogens is 1. The van der Waals surface area contributed by atoms with Gasteiger partial charge in [-0.25, -0.2) is 0 Å². The molecule has 0 bridgehead atoms. The van der Waals surface area contributed by atoms with Gasteiger partial charge in [-0.15, -0.1) is 0 Å². The summed E-state index contributed by atoms with van der Waals surface area (Å²) in [4.78, 5) is 2.52. The van der Waals surface area contributed by atoms with Crippen LogP contribution in [-0.2, 0) is 0 Å². The van der Waals surface area contributed by atoms with E-state index in [4.69, 9.17) is 4.42 Å². The van der Waals surface area contributed by atoms with Gasteiger partial charge in [0.15, 0.2) is 0 Å². The van der Waals surface area contributed by atoms with Crippen molar-refractivity contribution in [1.29, 1.82) is 0 Å². The van der Waals surface area contributed by atoms with Crippen LogP contribution in [0.5, 0.6) is 0 Å². The van der Waals surface area contributed by atoms with E-state index in [1.165, 1.54) is 81.4 Å². The zero-order chi connectivity index (χ0) is 40.3. The number of anilines is 3. The fourth-order valence-electron chi connectivity index (χ4n) is 10.4. The second-order valence-corrected chi connectivity index (χ2v) is 16.7. The summed E-state index contributed by atoms with van der Waals surface area (Å²) < 4.78 is 8.67. The molecule has 2 aromatic heterocycles. The number of nitrogens with zero attached hydrogens (tertiary/aromatic N) is 2. The average Bonchev–Trinajstić information content (AvgIpc) is 3.88. The summed E-state index contributed by atoms with van der Waals surface area (Å²) in [5.41, 5.74) is 15.0. The van der Waals surface area contributed by atoms with Crippen LogP contribution in [0, 0.1) is 0 Å². The molecule has 0 amide bonds. The third-order valence-corrected chi connectivity index (χ3v) is 13.2. The molecule has 0 spiro atoms. The van der Waals surface area contributed by atoms with Gasteiger partial charge >= 0.3 is 0 Å². The van der Waals surface area contributed by atoms with Gasteiger partial charge in [0.2, 0.25) is 0 Å². The van der Waals surface area contributed by atoms with Gasteiger partial charge in [0.1, 0.15) is 11.2 Å². The molecule has 3 nitrogen and oxygen atoms in total. The normalized spacial score (nSPS) is 13.5. The molecule has 0 radical (unpaired) electrons. The number of benzene rings is 9. The maximum Gasteiger partial charge on any atom is 0.135 e. The van der Waals surface area contributed by atoms with Crippen molar-refractivity contribution in [1.82, 2.24) is 4.57 Å². The van der Waals surface area contributed by atoms with Gasteiger partial charge in [-0.05, 0) is 119 Å². The lowest BCUT2D eigenvalue weighted by atomic mass is 9.80. The Morgan fingerprint density at radius 2 is 1.11 bits per heavy atom. The molecule has 61 heavy (non-hydrogen) atoms. The monoisotopic (exact) mass is 784 g/mol. The summed E-state index contributed by atoms with van der Waals surface area (Å²) in [5, 5.41) is 7.39. The lowest BCUT2D eigenvalue weighted by Crippen LogP contribution is -2.12. The molecule has 0 aliphatic heterocycles. The Hall–Kier alpha value is -7.36. The Balaban J connectivity index is 1.13. The highest BCUT2D eigenvalue weighted by Gasteiger charge is 2.25. The van der Waals surface area contributed by atoms with Crippen molar-refractivity contribution in [3.05, 3.63) is 206 Å². The van der Waals surface area contributed by atoms with Crippen molar-refractivity contribution in [3.8, 4) is 27.9 Å². The molecule has 0 unspecified atom stereocenters. The molecular weight excluding hydrogens is 741 g/mol. The second-order valence-electron chi connectivity index (χ2n) is 16.7. The van der Waals surface area contributed by atoms with Crippen LogP contribution in [0.4, 0.5) is 17.1 Å². The first-order chi connectivity index (χ1) is 30.3. The highest BCUT2D eigenvalue weighted by atomic mass is 16.3. The standard InChI is InChI=1S/C58H44N2O/c1-3-17-39(18-4-1)45-28-14-19-40-20-15-29-48(57(40)45)46-25-7-10-30-51(46)60(44-24-13-21-41(37-44)42-35-36-56-50(38-42)47-26-9-12-34-55(47)61-56)54-33-16-32-53-58(54)49-27-8-11-31-52(49)59(53)43-22-5-2-6-23-43/h2,5-16,19-39H,1,3-4,17-18H2. The topological polar surface area (TPSA) is 21.3 Å². The quantitative estimate of drug-likeness (QED) is 0.161. The molecule has 2 heterocycles. The van der Waals surface area contributed by atoms with E-state index in [1.807, 2.05) is 12.1 Å². The molecule has 11 aromatic rings. The number of fused-ring (bicyclic) bond motifs is 7. The van der Waals surface area contributed by atoms with Crippen molar-refractivity contribution in [2.75, 3.05) is 4.90 Å². The Morgan fingerprint density at radius 3 is 2.02 bits per heavy atom. The third kappa shape index (κ3) is 5.95. The number of hydrogen-bond donors (Lipinski definition) is 0. The zero-order valence-electron chi connectivity index (χ0n) is 34.0. The smallest absolute Gasteiger partial charge is 0.135 e. The van der Waals surface area contributed by atoms with E-state index in [2.05, 4.69) is 198 Å². The predicted molar refractivity (Wildman–Crippen MR) is 257 cm³/mol. The van der Waals surface area contributed by atoms with Crippen molar-refractivity contribution in [2.45, 2.75) is 38.0 Å². The highest BCUT2D eigenvalue weighted by Crippen LogP contribution is 2.49. The van der Waals surface area contributed by atoms with E-state index in [0.717, 1.165) is 55.8 Å². The Kier molecular flexibility index (Phi) is 8.59. The molecule has 1 aliphatic rings. The summed E-state index contributed by atoms with van der Waals surface area (Å²) in [7, 11) is 0. The van der Waals surface area contributed by atoms with Crippen LogP contribution in [0.2, 0.25) is 0 Å². The Labute approximate surface area is 355 Å². The minimum absolute atomic E-state index is 0.570. The largest absolute Gasteiger partial charge is 0.456 e. The predicted octanol–water partition coefficient (Wildman–Crippen LogP) is 16.7. The Bertz CT molecular complexity index is 3420. The van der Waals surface area contributed by atoms with Crippen LogP contribution < -0.4 is 4.90 Å². The van der Waals surface area contributed by atoms with Crippen LogP contribution in [0.1, 0.15) is 43.6 Å². The fraction of sp³-hybridized carbons (Fsp3) is 0.103. The summed E-state index contributed by atoms with van der Waals surface area (Å²) in [6.45, 7) is 0. The average molecular weight is 785 g/mol. The number of para-hydroxylation sites is 4. The molecule has 12 rings (SSSR count). The molecule has 0 N–H and O–H groups in total. The van der Waals surface area contributed by atoms with Gasteiger partial charge in [-0.2, -0.15) is 0 Å². The molecule has 3 heteroatoms. The van der Waals surface area contributed by atoms with E-state index in [1.54, 1.807) is 0 Å². The van der Waals surface area contributed by atoms with Crippen molar-refractivity contribution >= 4 is 71.6 Å². The molecule has 9 aromatic carbocycles. The van der Waals surface area contributed by atoms with Gasteiger partial charge < -0.3 is 13.9 Å². The van der Waals surface area contributed by atoms with Crippen molar-refractivity contribution in [3.63, 3.8) is 0 Å². The summed E-state index contributed by atoms with van der Waals surface area (Å²) in [6, 6.07) is 73.4. The maximum atomic E-state index is 6.25. The van der Waals surface area contributed by atoms with Crippen LogP contribution in [-0.4, -0.2) is 4.57 Å². The second kappa shape index (κ2) is 14.7. The molecular formula is C58H44N2O. The molecule has 1 saturated carbocycles. The first-order valence-corrected chi connectivity index (χ1v) is 21.8. The fourth-order valence-corrected chi connectivity index (χ4v) is 10.4. The minimum atomic E-state index is 0.570. The maximum absolute atomic E-state index is 6.25. The van der Waals surface area contributed by atoms with Crippen molar-refractivity contribution in [2.24, 2.45) is 0 Å². The summed E-state index contributed by atoms with van der Waals surface area (Å²) >= 11 is 0. The van der Waals surface area contributed by atoms with E-state index >= 15 is 0 Å². The third-order valence-electron chi connectivity index (χ3n) is 13.2. The molecule has 0 saturated heterocycles. The van der Waals surface area contributed by atoms with Crippen LogP contribution >= 0.6 is 0 Å². The van der Waals surface area contributed by atoms with Gasteiger partial charge in [0, 0.05) is 38.5 Å². The SMILES string of the molecule is c1ccc(-n2c3ccccc3c3c(N(c4cccc(-c5ccc6oc7ccccc7c6c5)c4)c4ccccc4-c4cccc5cccc(C6CCCCC6)c45)cccc32)cc1. The highest BCUT2D eigenvalue weighted by molar-refractivity contribution is 6.17. The van der Waals surface area contributed by atoms with E-state index in [9.17, 15) is 0 Å². The molecule has 0 atom stereocenters. The van der Waals surface area contributed by atoms with Crippen LogP contribution in [0.15, 0.2) is 205 Å². The van der Waals surface area contributed by atoms with Gasteiger partial charge in [-0.3, -0.25) is 0 Å². The van der Waals surface area contributed by atoms with Gasteiger partial charge in [0.25, 0.3) is 0 Å². The molecule has 292 valence electrons. The first-order valence-electron chi connectivity index (χ1n) is 21.8. The van der Waals surface area contributed by atoms with Crippen LogP contribution in [0.3, 0.4) is 0 Å². The number of rotatable bonds is 7. The number of furan rings is 1. The molecule has 1 fully saturated rings. The van der Waals surface area contributed by atoms with E-state index in [-0.39, 0.29) is 0 Å². The van der Waals surface area contributed by atoms with E-state index < -0.39 is 0 Å². The first kappa shape index (κ1) is 35.6. The lowest BCUT2D eigenvalue weighted by Gasteiger charge is -2.30. The van der Waals surface area contributed by atoms with Crippen molar-refractivity contribution < 1.29 is 4.42 Å².